The Hall–Kier alpha value is -2.96. The normalized spacial score (nSPS) is 17.2. The Balaban J connectivity index is 1.48. The first kappa shape index (κ1) is 17.2. The first-order chi connectivity index (χ1) is 13.7. The number of ketones is 1. The summed E-state index contributed by atoms with van der Waals surface area (Å²) >= 11 is 1.58. The SMILES string of the molecule is Cc1cc2c(c3c1C(=O)/C(=C/c1cccs1)O3)CN(Cc1cccnc1)CO2. The van der Waals surface area contributed by atoms with Crippen LogP contribution in [0.15, 0.2) is 53.9 Å². The number of nitrogens with zero attached hydrogens (tertiary/aromatic N) is 2. The second-order valence-electron chi connectivity index (χ2n) is 6.95. The number of ether oxygens (including phenoxy) is 2. The van der Waals surface area contributed by atoms with Crippen molar-refractivity contribution < 1.29 is 14.3 Å². The molecule has 2 aromatic heterocycles. The van der Waals surface area contributed by atoms with Crippen LogP contribution in [-0.2, 0) is 13.1 Å². The van der Waals surface area contributed by atoms with Gasteiger partial charge < -0.3 is 9.47 Å². The summed E-state index contributed by atoms with van der Waals surface area (Å²) in [4.78, 5) is 20.3. The van der Waals surface area contributed by atoms with Crippen LogP contribution in [0.3, 0.4) is 0 Å². The summed E-state index contributed by atoms with van der Waals surface area (Å²) in [6, 6.07) is 9.85. The van der Waals surface area contributed by atoms with Crippen molar-refractivity contribution in [2.24, 2.45) is 0 Å². The van der Waals surface area contributed by atoms with E-state index in [4.69, 9.17) is 9.47 Å². The van der Waals surface area contributed by atoms with E-state index in [1.807, 2.05) is 54.9 Å². The Bertz CT molecular complexity index is 1070. The maximum Gasteiger partial charge on any atom is 0.232 e. The molecular weight excluding hydrogens is 372 g/mol. The molecule has 5 rings (SSSR count). The Morgan fingerprint density at radius 2 is 2.25 bits per heavy atom. The smallest absolute Gasteiger partial charge is 0.232 e. The van der Waals surface area contributed by atoms with Crippen LogP contribution < -0.4 is 9.47 Å². The van der Waals surface area contributed by atoms with Crippen molar-refractivity contribution in [2.75, 3.05) is 6.73 Å². The van der Waals surface area contributed by atoms with E-state index in [9.17, 15) is 4.79 Å². The van der Waals surface area contributed by atoms with E-state index in [1.54, 1.807) is 17.5 Å². The molecule has 0 bridgehead atoms. The molecule has 4 heterocycles. The van der Waals surface area contributed by atoms with Crippen molar-refractivity contribution >= 4 is 23.2 Å². The number of pyridine rings is 1. The van der Waals surface area contributed by atoms with Gasteiger partial charge in [0, 0.05) is 36.4 Å². The highest BCUT2D eigenvalue weighted by Gasteiger charge is 2.35. The maximum absolute atomic E-state index is 13.0. The highest BCUT2D eigenvalue weighted by molar-refractivity contribution is 7.10. The van der Waals surface area contributed by atoms with Gasteiger partial charge in [0.05, 0.1) is 11.1 Å². The van der Waals surface area contributed by atoms with Crippen molar-refractivity contribution in [2.45, 2.75) is 20.0 Å². The number of aryl methyl sites for hydroxylation is 1. The number of hydrogen-bond acceptors (Lipinski definition) is 6. The van der Waals surface area contributed by atoms with Crippen LogP contribution in [0, 0.1) is 6.92 Å². The molecule has 5 nitrogen and oxygen atoms in total. The minimum atomic E-state index is -0.0620. The van der Waals surface area contributed by atoms with Gasteiger partial charge in [-0.2, -0.15) is 0 Å². The van der Waals surface area contributed by atoms with Gasteiger partial charge in [-0.1, -0.05) is 12.1 Å². The number of carbonyl (C=O) groups excluding carboxylic acids is 1. The van der Waals surface area contributed by atoms with Crippen molar-refractivity contribution in [3.63, 3.8) is 0 Å². The second-order valence-corrected chi connectivity index (χ2v) is 7.93. The molecule has 140 valence electrons. The standard InChI is InChI=1S/C22H18N2O3S/c1-14-8-18-17(12-24(13-26-18)11-15-4-2-6-23-10-15)22-20(14)21(25)19(27-22)9-16-5-3-7-28-16/h2-10H,11-13H2,1H3/b19-9-. The summed E-state index contributed by atoms with van der Waals surface area (Å²) in [5.74, 6) is 1.74. The van der Waals surface area contributed by atoms with E-state index in [0.29, 0.717) is 30.3 Å². The lowest BCUT2D eigenvalue weighted by Crippen LogP contribution is -2.31. The van der Waals surface area contributed by atoms with Gasteiger partial charge in [0.1, 0.15) is 18.2 Å². The molecule has 0 amide bonds. The predicted octanol–water partition coefficient (Wildman–Crippen LogP) is 4.42. The van der Waals surface area contributed by atoms with Crippen molar-refractivity contribution in [1.29, 1.82) is 0 Å². The zero-order chi connectivity index (χ0) is 19.1. The molecule has 0 atom stereocenters. The molecule has 0 unspecified atom stereocenters. The Kier molecular flexibility index (Phi) is 4.22. The number of carbonyl (C=O) groups is 1. The molecular formula is C22H18N2O3S. The molecule has 6 heteroatoms. The lowest BCUT2D eigenvalue weighted by Gasteiger charge is -2.30. The fourth-order valence-electron chi connectivity index (χ4n) is 3.63. The van der Waals surface area contributed by atoms with Gasteiger partial charge in [-0.15, -0.1) is 11.3 Å². The maximum atomic E-state index is 13.0. The molecule has 0 N–H and O–H groups in total. The molecule has 0 spiro atoms. The number of allylic oxidation sites excluding steroid dienone is 1. The molecule has 2 aliphatic heterocycles. The highest BCUT2D eigenvalue weighted by atomic mass is 32.1. The van der Waals surface area contributed by atoms with Crippen molar-refractivity contribution in [1.82, 2.24) is 9.88 Å². The third-order valence-corrected chi connectivity index (χ3v) is 5.75. The molecule has 3 aromatic rings. The van der Waals surface area contributed by atoms with E-state index in [-0.39, 0.29) is 5.78 Å². The minimum Gasteiger partial charge on any atom is -0.478 e. The van der Waals surface area contributed by atoms with Gasteiger partial charge in [-0.25, -0.2) is 0 Å². The van der Waals surface area contributed by atoms with E-state index in [0.717, 1.165) is 33.9 Å². The summed E-state index contributed by atoms with van der Waals surface area (Å²) in [6.07, 6.45) is 5.44. The van der Waals surface area contributed by atoms with Gasteiger partial charge in [-0.05, 0) is 41.6 Å². The van der Waals surface area contributed by atoms with Crippen molar-refractivity contribution in [3.05, 3.63) is 81.0 Å². The second kappa shape index (κ2) is 6.89. The van der Waals surface area contributed by atoms with Gasteiger partial charge in [0.15, 0.2) is 5.76 Å². The summed E-state index contributed by atoms with van der Waals surface area (Å²) in [6.45, 7) is 3.81. The molecule has 0 aliphatic carbocycles. The molecule has 2 aliphatic rings. The first-order valence-corrected chi connectivity index (χ1v) is 9.95. The van der Waals surface area contributed by atoms with Gasteiger partial charge >= 0.3 is 0 Å². The molecule has 0 saturated heterocycles. The summed E-state index contributed by atoms with van der Waals surface area (Å²) in [7, 11) is 0. The van der Waals surface area contributed by atoms with E-state index in [1.165, 1.54) is 0 Å². The van der Waals surface area contributed by atoms with E-state index < -0.39 is 0 Å². The topological polar surface area (TPSA) is 51.7 Å². The Morgan fingerprint density at radius 3 is 3.04 bits per heavy atom. The molecule has 0 radical (unpaired) electrons. The van der Waals surface area contributed by atoms with Gasteiger partial charge in [-0.3, -0.25) is 14.7 Å². The lowest BCUT2D eigenvalue weighted by molar-refractivity contribution is 0.0871. The molecule has 0 fully saturated rings. The monoisotopic (exact) mass is 390 g/mol. The molecule has 0 saturated carbocycles. The molecule has 28 heavy (non-hydrogen) atoms. The quantitative estimate of drug-likeness (QED) is 0.620. The van der Waals surface area contributed by atoms with E-state index >= 15 is 0 Å². The number of hydrogen-bond donors (Lipinski definition) is 0. The average Bonchev–Trinajstić information content (AvgIpc) is 3.32. The van der Waals surface area contributed by atoms with Crippen LogP contribution in [0.5, 0.6) is 11.5 Å². The van der Waals surface area contributed by atoms with Crippen LogP contribution in [0.25, 0.3) is 6.08 Å². The van der Waals surface area contributed by atoms with Gasteiger partial charge in [0.25, 0.3) is 0 Å². The van der Waals surface area contributed by atoms with Crippen LogP contribution in [0.4, 0.5) is 0 Å². The predicted molar refractivity (Wildman–Crippen MR) is 107 cm³/mol. The highest BCUT2D eigenvalue weighted by Crippen LogP contribution is 2.44. The zero-order valence-corrected chi connectivity index (χ0v) is 16.2. The largest absolute Gasteiger partial charge is 0.478 e. The fraction of sp³-hybridized carbons (Fsp3) is 0.182. The number of fused-ring (bicyclic) bond motifs is 3. The summed E-state index contributed by atoms with van der Waals surface area (Å²) in [5, 5.41) is 1.98. The molecule has 1 aromatic carbocycles. The number of thiophene rings is 1. The average molecular weight is 390 g/mol. The third kappa shape index (κ3) is 3.00. The van der Waals surface area contributed by atoms with Crippen LogP contribution in [0.2, 0.25) is 0 Å². The number of aromatic nitrogens is 1. The van der Waals surface area contributed by atoms with Crippen molar-refractivity contribution in [3.8, 4) is 11.5 Å². The summed E-state index contributed by atoms with van der Waals surface area (Å²) in [5.41, 5.74) is 3.58. The Morgan fingerprint density at radius 1 is 1.32 bits per heavy atom. The zero-order valence-electron chi connectivity index (χ0n) is 15.3. The Labute approximate surface area is 166 Å². The number of rotatable bonds is 3. The minimum absolute atomic E-state index is 0.0620. The van der Waals surface area contributed by atoms with Gasteiger partial charge in [0.2, 0.25) is 5.78 Å². The van der Waals surface area contributed by atoms with Crippen LogP contribution in [-0.4, -0.2) is 22.4 Å². The lowest BCUT2D eigenvalue weighted by atomic mass is 9.98. The van der Waals surface area contributed by atoms with E-state index in [2.05, 4.69) is 9.88 Å². The van der Waals surface area contributed by atoms with Crippen LogP contribution in [0.1, 0.15) is 31.9 Å². The fourth-order valence-corrected chi connectivity index (χ4v) is 4.28. The number of benzene rings is 1. The number of Topliss-reactive ketones (excluding diaryl/α,β-unsaturated/α-hetero) is 1. The summed E-state index contributed by atoms with van der Waals surface area (Å²) < 4.78 is 12.1. The third-order valence-electron chi connectivity index (χ3n) is 4.93. The van der Waals surface area contributed by atoms with Crippen LogP contribution >= 0.6 is 11.3 Å². The first-order valence-electron chi connectivity index (χ1n) is 9.07.